The van der Waals surface area contributed by atoms with Gasteiger partial charge < -0.3 is 15.2 Å². The number of rotatable bonds is 3. The molecule has 0 bridgehead atoms. The molecule has 0 saturated carbocycles. The second-order valence-electron chi connectivity index (χ2n) is 7.32. The van der Waals surface area contributed by atoms with Crippen LogP contribution in [0.1, 0.15) is 31.7 Å². The van der Waals surface area contributed by atoms with Gasteiger partial charge in [0, 0.05) is 23.6 Å². The molecule has 5 nitrogen and oxygen atoms in total. The fourth-order valence-corrected chi connectivity index (χ4v) is 3.25. The van der Waals surface area contributed by atoms with Gasteiger partial charge in [-0.2, -0.15) is 0 Å². The Morgan fingerprint density at radius 2 is 2.00 bits per heavy atom. The molecule has 1 aromatic heterocycles. The number of carbonyl (C=O) groups excluding carboxylic acids is 1. The van der Waals surface area contributed by atoms with Gasteiger partial charge in [-0.3, -0.25) is 4.79 Å². The molecule has 1 atom stereocenters. The molecule has 2 heterocycles. The predicted molar refractivity (Wildman–Crippen MR) is 96.4 cm³/mol. The van der Waals surface area contributed by atoms with E-state index in [1.807, 2.05) is 37.5 Å². The number of aromatic nitrogens is 2. The van der Waals surface area contributed by atoms with Gasteiger partial charge in [0.1, 0.15) is 0 Å². The van der Waals surface area contributed by atoms with E-state index in [0.717, 1.165) is 42.3 Å². The van der Waals surface area contributed by atoms with Crippen LogP contribution in [-0.2, 0) is 4.79 Å². The van der Waals surface area contributed by atoms with Gasteiger partial charge >= 0.3 is 0 Å². The summed E-state index contributed by atoms with van der Waals surface area (Å²) in [5, 5.41) is 6.39. The molecule has 1 aromatic carbocycles. The lowest BCUT2D eigenvalue weighted by molar-refractivity contribution is -0.124. The van der Waals surface area contributed by atoms with E-state index in [1.54, 1.807) is 0 Å². The maximum Gasteiger partial charge on any atom is 0.229 e. The van der Waals surface area contributed by atoms with E-state index in [2.05, 4.69) is 41.0 Å². The zero-order chi connectivity index (χ0) is 17.3. The first-order valence-corrected chi connectivity index (χ1v) is 8.51. The molecule has 0 spiro atoms. The van der Waals surface area contributed by atoms with Crippen LogP contribution < -0.4 is 10.6 Å². The molecule has 1 unspecified atom stereocenters. The fraction of sp³-hybridized carbons (Fsp3) is 0.474. The molecule has 2 aromatic rings. The predicted octanol–water partition coefficient (Wildman–Crippen LogP) is 3.06. The zero-order valence-electron chi connectivity index (χ0n) is 14.9. The molecule has 1 aliphatic heterocycles. The van der Waals surface area contributed by atoms with E-state index >= 15 is 0 Å². The molecule has 24 heavy (non-hydrogen) atoms. The van der Waals surface area contributed by atoms with Crippen LogP contribution in [0.5, 0.6) is 0 Å². The number of nitrogens with zero attached hydrogens (tertiary/aromatic N) is 2. The number of aryl methyl sites for hydroxylation is 1. The Labute approximate surface area is 143 Å². The summed E-state index contributed by atoms with van der Waals surface area (Å²) in [5.74, 6) is 0.0825. The summed E-state index contributed by atoms with van der Waals surface area (Å²) < 4.78 is 2.05. The highest BCUT2D eigenvalue weighted by molar-refractivity contribution is 5.93. The van der Waals surface area contributed by atoms with Crippen molar-refractivity contribution >= 4 is 11.6 Å². The molecule has 0 radical (unpaired) electrons. The smallest absolute Gasteiger partial charge is 0.229 e. The monoisotopic (exact) mass is 326 g/mol. The minimum Gasteiger partial charge on any atom is -0.326 e. The first-order chi connectivity index (χ1) is 11.4. The highest BCUT2D eigenvalue weighted by Crippen LogP contribution is 2.33. The van der Waals surface area contributed by atoms with Crippen LogP contribution in [0.3, 0.4) is 0 Å². The Balaban J connectivity index is 1.72. The average Bonchev–Trinajstić information content (AvgIpc) is 2.87. The summed E-state index contributed by atoms with van der Waals surface area (Å²) >= 11 is 0. The van der Waals surface area contributed by atoms with Gasteiger partial charge in [0.05, 0.1) is 17.9 Å². The molecule has 128 valence electrons. The molecule has 5 heteroatoms. The minimum absolute atomic E-state index is 0.00975. The lowest BCUT2D eigenvalue weighted by Gasteiger charge is -2.37. The topological polar surface area (TPSA) is 59.0 Å². The summed E-state index contributed by atoms with van der Waals surface area (Å²) in [6.07, 6.45) is 2.84. The molecular weight excluding hydrogens is 300 g/mol. The molecule has 1 saturated heterocycles. The third kappa shape index (κ3) is 3.22. The lowest BCUT2D eigenvalue weighted by Crippen LogP contribution is -2.47. The molecule has 0 aliphatic carbocycles. The van der Waals surface area contributed by atoms with Crippen molar-refractivity contribution in [3.8, 4) is 5.69 Å². The maximum atomic E-state index is 12.6. The van der Waals surface area contributed by atoms with E-state index in [1.165, 1.54) is 0 Å². The van der Waals surface area contributed by atoms with E-state index in [-0.39, 0.29) is 17.2 Å². The molecule has 2 N–H and O–H groups in total. The van der Waals surface area contributed by atoms with Crippen molar-refractivity contribution in [3.05, 3.63) is 42.0 Å². The van der Waals surface area contributed by atoms with Gasteiger partial charge in [-0.05, 0) is 56.5 Å². The second kappa shape index (κ2) is 6.40. The Morgan fingerprint density at radius 1 is 1.29 bits per heavy atom. The molecule has 1 fully saturated rings. The summed E-state index contributed by atoms with van der Waals surface area (Å²) in [7, 11) is 0. The number of hydrogen-bond donors (Lipinski definition) is 2. The van der Waals surface area contributed by atoms with Crippen molar-refractivity contribution in [2.45, 2.75) is 34.1 Å². The Morgan fingerprint density at radius 3 is 2.58 bits per heavy atom. The molecule has 1 aliphatic rings. The van der Waals surface area contributed by atoms with Gasteiger partial charge in [-0.25, -0.2) is 4.98 Å². The van der Waals surface area contributed by atoms with Gasteiger partial charge in [-0.15, -0.1) is 0 Å². The number of hydrogen-bond acceptors (Lipinski definition) is 3. The van der Waals surface area contributed by atoms with Crippen LogP contribution in [-0.4, -0.2) is 28.5 Å². The highest BCUT2D eigenvalue weighted by Gasteiger charge is 2.37. The standard InChI is InChI=1S/C19H26N4O/c1-13-14(2)23(12-21-13)16-7-5-15(6-8-16)22-18(24)17-11-20-10-9-19(17,3)4/h5-8,12,17,20H,9-11H2,1-4H3,(H,22,24). The quantitative estimate of drug-likeness (QED) is 0.911. The number of imidazole rings is 1. The van der Waals surface area contributed by atoms with Crippen LogP contribution in [0.2, 0.25) is 0 Å². The van der Waals surface area contributed by atoms with Crippen LogP contribution in [0.15, 0.2) is 30.6 Å². The van der Waals surface area contributed by atoms with Crippen molar-refractivity contribution in [3.63, 3.8) is 0 Å². The Hall–Kier alpha value is -2.14. The summed E-state index contributed by atoms with van der Waals surface area (Å²) in [4.78, 5) is 17.0. The number of nitrogens with one attached hydrogen (secondary N) is 2. The lowest BCUT2D eigenvalue weighted by atomic mass is 9.73. The first-order valence-electron chi connectivity index (χ1n) is 8.51. The van der Waals surface area contributed by atoms with Gasteiger partial charge in [-0.1, -0.05) is 13.8 Å². The maximum absolute atomic E-state index is 12.6. The summed E-state index contributed by atoms with van der Waals surface area (Å²) in [6, 6.07) is 7.92. The van der Waals surface area contributed by atoms with Crippen molar-refractivity contribution in [1.82, 2.24) is 14.9 Å². The van der Waals surface area contributed by atoms with Crippen LogP contribution in [0, 0.1) is 25.2 Å². The molecule has 3 rings (SSSR count). The van der Waals surface area contributed by atoms with Crippen molar-refractivity contribution in [1.29, 1.82) is 0 Å². The third-order valence-corrected chi connectivity index (χ3v) is 5.22. The Bertz CT molecular complexity index is 730. The number of carbonyl (C=O) groups is 1. The van der Waals surface area contributed by atoms with E-state index in [0.29, 0.717) is 0 Å². The van der Waals surface area contributed by atoms with E-state index in [4.69, 9.17) is 0 Å². The van der Waals surface area contributed by atoms with Gasteiger partial charge in [0.25, 0.3) is 0 Å². The zero-order valence-corrected chi connectivity index (χ0v) is 14.9. The van der Waals surface area contributed by atoms with Gasteiger partial charge in [0.2, 0.25) is 5.91 Å². The SMILES string of the molecule is Cc1ncn(-c2ccc(NC(=O)C3CNCCC3(C)C)cc2)c1C. The van der Waals surface area contributed by atoms with Crippen LogP contribution in [0.4, 0.5) is 5.69 Å². The summed E-state index contributed by atoms with van der Waals surface area (Å²) in [6.45, 7) is 10.1. The fourth-order valence-electron chi connectivity index (χ4n) is 3.25. The normalized spacial score (nSPS) is 19.9. The third-order valence-electron chi connectivity index (χ3n) is 5.22. The largest absolute Gasteiger partial charge is 0.326 e. The van der Waals surface area contributed by atoms with Crippen molar-refractivity contribution in [2.75, 3.05) is 18.4 Å². The Kier molecular flexibility index (Phi) is 4.45. The molecule has 1 amide bonds. The number of piperidine rings is 1. The second-order valence-corrected chi connectivity index (χ2v) is 7.32. The van der Waals surface area contributed by atoms with Crippen LogP contribution in [0.25, 0.3) is 5.69 Å². The van der Waals surface area contributed by atoms with Crippen molar-refractivity contribution in [2.24, 2.45) is 11.3 Å². The van der Waals surface area contributed by atoms with Gasteiger partial charge in [0.15, 0.2) is 0 Å². The average molecular weight is 326 g/mol. The highest BCUT2D eigenvalue weighted by atomic mass is 16.1. The minimum atomic E-state index is -0.00975. The van der Waals surface area contributed by atoms with Crippen LogP contribution >= 0.6 is 0 Å². The number of benzene rings is 1. The first kappa shape index (κ1) is 16.7. The number of anilines is 1. The van der Waals surface area contributed by atoms with E-state index in [9.17, 15) is 4.79 Å². The van der Waals surface area contributed by atoms with E-state index < -0.39 is 0 Å². The van der Waals surface area contributed by atoms with Crippen molar-refractivity contribution < 1.29 is 4.79 Å². The number of amides is 1. The summed E-state index contributed by atoms with van der Waals surface area (Å²) in [5.41, 5.74) is 4.06. The molecular formula is C19H26N4O.